The summed E-state index contributed by atoms with van der Waals surface area (Å²) < 4.78 is 33.7. The van der Waals surface area contributed by atoms with E-state index in [-0.39, 0.29) is 4.90 Å². The summed E-state index contributed by atoms with van der Waals surface area (Å²) >= 11 is 0. The minimum absolute atomic E-state index is 0.0868. The lowest BCUT2D eigenvalue weighted by Crippen LogP contribution is -2.40. The van der Waals surface area contributed by atoms with Gasteiger partial charge in [0.1, 0.15) is 5.76 Å². The van der Waals surface area contributed by atoms with Gasteiger partial charge < -0.3 is 19.8 Å². The molecule has 0 aliphatic carbocycles. The highest BCUT2D eigenvalue weighted by molar-refractivity contribution is 7.89. The molecule has 0 spiro atoms. The number of guanidine groups is 1. The number of hydrogen-bond donors (Lipinski definition) is 3. The van der Waals surface area contributed by atoms with Crippen LogP contribution in [0.3, 0.4) is 0 Å². The molecule has 4 N–H and O–H groups in total. The van der Waals surface area contributed by atoms with Crippen LogP contribution in [0.2, 0.25) is 0 Å². The van der Waals surface area contributed by atoms with Crippen molar-refractivity contribution < 1.29 is 17.6 Å². The zero-order valence-corrected chi connectivity index (χ0v) is 18.5. The molecule has 0 amide bonds. The molecule has 9 heteroatoms. The van der Waals surface area contributed by atoms with Crippen LogP contribution in [0, 0.1) is 5.92 Å². The Labute approximate surface area is 179 Å². The topological polar surface area (TPSA) is 119 Å². The molecule has 1 heterocycles. The Kier molecular flexibility index (Phi) is 9.85. The first-order chi connectivity index (χ1) is 14.3. The molecule has 0 bridgehead atoms. The third kappa shape index (κ3) is 9.43. The van der Waals surface area contributed by atoms with Crippen molar-refractivity contribution in [1.82, 2.24) is 10.6 Å². The standard InChI is InChI=1S/C21H32N4O4S/c1-17(2)10-14-28-15-12-24-21(23-11-9-19-4-3-13-29-19)25-16-18-5-7-20(8-6-18)30(22,26)27/h3-8,13,17H,9-12,14-16H2,1-2H3,(H2,22,26,27)(H2,23,24,25). The summed E-state index contributed by atoms with van der Waals surface area (Å²) in [6.45, 7) is 7.38. The van der Waals surface area contributed by atoms with Gasteiger partial charge >= 0.3 is 0 Å². The number of nitrogens with two attached hydrogens (primary N) is 1. The van der Waals surface area contributed by atoms with E-state index >= 15 is 0 Å². The lowest BCUT2D eigenvalue weighted by atomic mass is 10.1. The van der Waals surface area contributed by atoms with Gasteiger partial charge in [-0.15, -0.1) is 0 Å². The van der Waals surface area contributed by atoms with Gasteiger partial charge in [0.25, 0.3) is 0 Å². The van der Waals surface area contributed by atoms with Gasteiger partial charge in [0.2, 0.25) is 10.0 Å². The van der Waals surface area contributed by atoms with Crippen LogP contribution in [0.25, 0.3) is 0 Å². The molecule has 0 aliphatic heterocycles. The Hall–Kier alpha value is -2.36. The van der Waals surface area contributed by atoms with Gasteiger partial charge in [-0.1, -0.05) is 26.0 Å². The molecule has 0 saturated carbocycles. The number of benzene rings is 1. The average molecular weight is 437 g/mol. The van der Waals surface area contributed by atoms with E-state index in [1.54, 1.807) is 18.4 Å². The van der Waals surface area contributed by atoms with Gasteiger partial charge in [-0.2, -0.15) is 0 Å². The van der Waals surface area contributed by atoms with Crippen molar-refractivity contribution in [3.8, 4) is 0 Å². The zero-order valence-electron chi connectivity index (χ0n) is 17.6. The molecule has 0 atom stereocenters. The zero-order chi connectivity index (χ0) is 21.8. The van der Waals surface area contributed by atoms with Crippen molar-refractivity contribution in [2.45, 2.75) is 38.1 Å². The first-order valence-electron chi connectivity index (χ1n) is 10.1. The number of furan rings is 1. The van der Waals surface area contributed by atoms with E-state index in [9.17, 15) is 8.42 Å². The van der Waals surface area contributed by atoms with Crippen LogP contribution in [0.4, 0.5) is 0 Å². The summed E-state index contributed by atoms with van der Waals surface area (Å²) in [5.74, 6) is 2.18. The highest BCUT2D eigenvalue weighted by atomic mass is 32.2. The van der Waals surface area contributed by atoms with Crippen molar-refractivity contribution in [2.75, 3.05) is 26.3 Å². The molecule has 0 fully saturated rings. The molecule has 2 rings (SSSR count). The lowest BCUT2D eigenvalue weighted by Gasteiger charge is -2.13. The van der Waals surface area contributed by atoms with Gasteiger partial charge in [-0.3, -0.25) is 0 Å². The SMILES string of the molecule is CC(C)CCOCCNC(=NCc1ccc(S(N)(=O)=O)cc1)NCCc1ccco1. The van der Waals surface area contributed by atoms with E-state index in [1.807, 2.05) is 12.1 Å². The predicted molar refractivity (Wildman–Crippen MR) is 118 cm³/mol. The van der Waals surface area contributed by atoms with Gasteiger partial charge in [0, 0.05) is 26.1 Å². The summed E-state index contributed by atoms with van der Waals surface area (Å²) in [4.78, 5) is 4.67. The van der Waals surface area contributed by atoms with Crippen LogP contribution >= 0.6 is 0 Å². The molecule has 166 valence electrons. The highest BCUT2D eigenvalue weighted by Crippen LogP contribution is 2.09. The Bertz CT molecular complexity index is 863. The number of nitrogens with one attached hydrogen (secondary N) is 2. The first-order valence-corrected chi connectivity index (χ1v) is 11.6. The van der Waals surface area contributed by atoms with E-state index in [2.05, 4.69) is 29.5 Å². The molecule has 0 saturated heterocycles. The molecule has 1 aromatic heterocycles. The summed E-state index contributed by atoms with van der Waals surface area (Å²) in [5, 5.41) is 11.7. The maximum atomic E-state index is 11.4. The highest BCUT2D eigenvalue weighted by Gasteiger charge is 2.07. The van der Waals surface area contributed by atoms with E-state index in [4.69, 9.17) is 14.3 Å². The van der Waals surface area contributed by atoms with E-state index in [1.165, 1.54) is 12.1 Å². The summed E-state index contributed by atoms with van der Waals surface area (Å²) in [7, 11) is -3.69. The molecule has 1 aromatic carbocycles. The second-order valence-electron chi connectivity index (χ2n) is 7.33. The Morgan fingerprint density at radius 3 is 2.50 bits per heavy atom. The number of primary sulfonamides is 1. The molecule has 0 radical (unpaired) electrons. The molecular formula is C21H32N4O4S. The van der Waals surface area contributed by atoms with E-state index in [0.717, 1.165) is 30.8 Å². The fraction of sp³-hybridized carbons (Fsp3) is 0.476. The van der Waals surface area contributed by atoms with Crippen molar-refractivity contribution in [3.63, 3.8) is 0 Å². The monoisotopic (exact) mass is 436 g/mol. The quantitative estimate of drug-likeness (QED) is 0.267. The molecule has 0 aliphatic rings. The molecule has 2 aromatic rings. The third-order valence-electron chi connectivity index (χ3n) is 4.29. The molecule has 30 heavy (non-hydrogen) atoms. The fourth-order valence-corrected chi connectivity index (χ4v) is 3.07. The molecule has 8 nitrogen and oxygen atoms in total. The maximum absolute atomic E-state index is 11.4. The van der Waals surface area contributed by atoms with E-state index in [0.29, 0.717) is 38.1 Å². The minimum atomic E-state index is -3.69. The Balaban J connectivity index is 1.87. The summed E-state index contributed by atoms with van der Waals surface area (Å²) in [6.07, 6.45) is 3.43. The summed E-state index contributed by atoms with van der Waals surface area (Å²) in [5.41, 5.74) is 0.878. The maximum Gasteiger partial charge on any atom is 0.238 e. The normalized spacial score (nSPS) is 12.3. The number of aliphatic imine (C=N–C) groups is 1. The number of sulfonamides is 1. The lowest BCUT2D eigenvalue weighted by molar-refractivity contribution is 0.128. The van der Waals surface area contributed by atoms with Gasteiger partial charge in [0.15, 0.2) is 5.96 Å². The van der Waals surface area contributed by atoms with Crippen molar-refractivity contribution in [3.05, 3.63) is 54.0 Å². The van der Waals surface area contributed by atoms with Gasteiger partial charge in [-0.25, -0.2) is 18.5 Å². The number of hydrogen-bond acceptors (Lipinski definition) is 5. The Morgan fingerprint density at radius 2 is 1.87 bits per heavy atom. The predicted octanol–water partition coefficient (Wildman–Crippen LogP) is 2.27. The third-order valence-corrected chi connectivity index (χ3v) is 5.22. The second kappa shape index (κ2) is 12.4. The van der Waals surface area contributed by atoms with Gasteiger partial charge in [-0.05, 0) is 42.2 Å². The van der Waals surface area contributed by atoms with Crippen molar-refractivity contribution in [2.24, 2.45) is 16.0 Å². The van der Waals surface area contributed by atoms with Crippen LogP contribution in [0.15, 0.2) is 57.0 Å². The first kappa shape index (κ1) is 23.9. The summed E-state index contributed by atoms with van der Waals surface area (Å²) in [6, 6.07) is 10.2. The van der Waals surface area contributed by atoms with Gasteiger partial charge in [0.05, 0.1) is 24.3 Å². The van der Waals surface area contributed by atoms with Crippen LogP contribution < -0.4 is 15.8 Å². The van der Waals surface area contributed by atoms with E-state index < -0.39 is 10.0 Å². The minimum Gasteiger partial charge on any atom is -0.469 e. The smallest absolute Gasteiger partial charge is 0.238 e. The van der Waals surface area contributed by atoms with Crippen LogP contribution in [0.1, 0.15) is 31.6 Å². The average Bonchev–Trinajstić information content (AvgIpc) is 3.21. The van der Waals surface area contributed by atoms with Crippen LogP contribution in [-0.2, 0) is 27.7 Å². The van der Waals surface area contributed by atoms with Crippen molar-refractivity contribution >= 4 is 16.0 Å². The fourth-order valence-electron chi connectivity index (χ4n) is 2.55. The van der Waals surface area contributed by atoms with Crippen LogP contribution in [-0.4, -0.2) is 40.7 Å². The number of nitrogens with zero attached hydrogens (tertiary/aromatic N) is 1. The largest absolute Gasteiger partial charge is 0.469 e. The second-order valence-corrected chi connectivity index (χ2v) is 8.89. The molecular weight excluding hydrogens is 404 g/mol. The Morgan fingerprint density at radius 1 is 1.13 bits per heavy atom. The number of rotatable bonds is 12. The van der Waals surface area contributed by atoms with Crippen LogP contribution in [0.5, 0.6) is 0 Å². The number of ether oxygens (including phenoxy) is 1. The van der Waals surface area contributed by atoms with Crippen molar-refractivity contribution in [1.29, 1.82) is 0 Å². The molecule has 0 unspecified atom stereocenters.